The van der Waals surface area contributed by atoms with Gasteiger partial charge in [0.15, 0.2) is 0 Å². The summed E-state index contributed by atoms with van der Waals surface area (Å²) in [6, 6.07) is 0.677. The molecule has 0 aromatic heterocycles. The smallest absolute Gasteiger partial charge is 0.320 e. The maximum absolute atomic E-state index is 10.8. The molecule has 1 atom stereocenters. The lowest BCUT2D eigenvalue weighted by Gasteiger charge is -2.36. The van der Waals surface area contributed by atoms with Gasteiger partial charge in [0.1, 0.15) is 6.04 Å². The number of nitrogens with zero attached hydrogens (tertiary/aromatic N) is 1. The van der Waals surface area contributed by atoms with Gasteiger partial charge in [-0.15, -0.1) is 0 Å². The number of hydrogen-bond donors (Lipinski definition) is 2. The Bertz CT molecular complexity index is 213. The minimum atomic E-state index is -0.728. The second kappa shape index (κ2) is 5.47. The van der Waals surface area contributed by atoms with Gasteiger partial charge in [0.2, 0.25) is 0 Å². The zero-order chi connectivity index (χ0) is 11.4. The summed E-state index contributed by atoms with van der Waals surface area (Å²) in [6.45, 7) is 1.76. The van der Waals surface area contributed by atoms with Crippen molar-refractivity contribution in [1.82, 2.24) is 10.2 Å². The van der Waals surface area contributed by atoms with Gasteiger partial charge in [-0.1, -0.05) is 0 Å². The van der Waals surface area contributed by atoms with Gasteiger partial charge in [-0.05, 0) is 46.7 Å². The molecule has 0 saturated heterocycles. The predicted molar refractivity (Wildman–Crippen MR) is 60.0 cm³/mol. The topological polar surface area (TPSA) is 52.6 Å². The summed E-state index contributed by atoms with van der Waals surface area (Å²) in [5, 5.41) is 12.2. The van der Waals surface area contributed by atoms with Crippen LogP contribution in [0.5, 0.6) is 0 Å². The molecule has 0 heterocycles. The fourth-order valence-corrected chi connectivity index (χ4v) is 2.26. The van der Waals surface area contributed by atoms with Crippen LogP contribution in [-0.2, 0) is 4.79 Å². The van der Waals surface area contributed by atoms with Crippen molar-refractivity contribution in [2.24, 2.45) is 0 Å². The van der Waals surface area contributed by atoms with Gasteiger partial charge in [0.05, 0.1) is 0 Å². The second-order valence-electron chi connectivity index (χ2n) is 4.47. The van der Waals surface area contributed by atoms with E-state index in [0.717, 1.165) is 25.7 Å². The number of carboxylic acids is 1. The molecule has 0 bridgehead atoms. The van der Waals surface area contributed by atoms with Gasteiger partial charge in [-0.3, -0.25) is 9.69 Å². The Labute approximate surface area is 91.6 Å². The Morgan fingerprint density at radius 2 is 1.93 bits per heavy atom. The summed E-state index contributed by atoms with van der Waals surface area (Å²) in [7, 11) is 3.91. The third kappa shape index (κ3) is 3.18. The van der Waals surface area contributed by atoms with Crippen LogP contribution < -0.4 is 5.32 Å². The molecule has 1 rings (SSSR count). The highest BCUT2D eigenvalue weighted by molar-refractivity contribution is 5.72. The first kappa shape index (κ1) is 12.5. The summed E-state index contributed by atoms with van der Waals surface area (Å²) in [5.41, 5.74) is 0. The van der Waals surface area contributed by atoms with E-state index in [1.165, 1.54) is 0 Å². The first-order valence-corrected chi connectivity index (χ1v) is 5.68. The van der Waals surface area contributed by atoms with Crippen molar-refractivity contribution in [3.8, 4) is 0 Å². The van der Waals surface area contributed by atoms with Gasteiger partial charge < -0.3 is 10.4 Å². The lowest BCUT2D eigenvalue weighted by molar-refractivity contribution is -0.143. The van der Waals surface area contributed by atoms with Crippen LogP contribution >= 0.6 is 0 Å². The van der Waals surface area contributed by atoms with Gasteiger partial charge in [-0.2, -0.15) is 0 Å². The fraction of sp³-hybridized carbons (Fsp3) is 0.909. The zero-order valence-corrected chi connectivity index (χ0v) is 9.86. The first-order valence-electron chi connectivity index (χ1n) is 5.68. The number of likely N-dealkylation sites (N-methyl/N-ethyl adjacent to an activating group) is 1. The van der Waals surface area contributed by atoms with Crippen LogP contribution in [0.4, 0.5) is 0 Å². The van der Waals surface area contributed by atoms with Gasteiger partial charge >= 0.3 is 5.97 Å². The van der Waals surface area contributed by atoms with Gasteiger partial charge in [0.25, 0.3) is 0 Å². The van der Waals surface area contributed by atoms with Crippen molar-refractivity contribution >= 4 is 5.97 Å². The Morgan fingerprint density at radius 3 is 2.33 bits per heavy atom. The third-order valence-corrected chi connectivity index (χ3v) is 3.65. The highest BCUT2D eigenvalue weighted by Crippen LogP contribution is 2.23. The van der Waals surface area contributed by atoms with E-state index in [2.05, 4.69) is 5.32 Å². The van der Waals surface area contributed by atoms with E-state index >= 15 is 0 Å². The summed E-state index contributed by atoms with van der Waals surface area (Å²) in [4.78, 5) is 12.8. The number of hydrogen-bond acceptors (Lipinski definition) is 3. The molecule has 1 aliphatic carbocycles. The minimum absolute atomic E-state index is 0.374. The Morgan fingerprint density at radius 1 is 1.40 bits per heavy atom. The van der Waals surface area contributed by atoms with Crippen LogP contribution in [0.15, 0.2) is 0 Å². The largest absolute Gasteiger partial charge is 0.480 e. The summed E-state index contributed by atoms with van der Waals surface area (Å²) >= 11 is 0. The van der Waals surface area contributed by atoms with Crippen LogP contribution in [0.3, 0.4) is 0 Å². The van der Waals surface area contributed by atoms with E-state index < -0.39 is 5.97 Å². The molecule has 2 N–H and O–H groups in total. The first-order chi connectivity index (χ1) is 7.06. The van der Waals surface area contributed by atoms with Crippen molar-refractivity contribution in [3.63, 3.8) is 0 Å². The summed E-state index contributed by atoms with van der Waals surface area (Å²) < 4.78 is 0. The maximum atomic E-state index is 10.8. The normalized spacial score (nSPS) is 29.1. The number of rotatable bonds is 4. The molecular weight excluding hydrogens is 192 g/mol. The Hall–Kier alpha value is -0.610. The van der Waals surface area contributed by atoms with Crippen LogP contribution in [0.1, 0.15) is 32.6 Å². The van der Waals surface area contributed by atoms with Crippen molar-refractivity contribution in [2.75, 3.05) is 14.1 Å². The van der Waals surface area contributed by atoms with Crippen molar-refractivity contribution in [1.29, 1.82) is 0 Å². The van der Waals surface area contributed by atoms with Crippen LogP contribution in [-0.4, -0.2) is 48.2 Å². The molecule has 1 fully saturated rings. The number of aliphatic carboxylic acids is 1. The molecule has 0 spiro atoms. The number of carboxylic acid groups (broad SMARTS) is 1. The molecule has 0 aliphatic heterocycles. The lowest BCUT2D eigenvalue weighted by atomic mass is 9.90. The van der Waals surface area contributed by atoms with Crippen LogP contribution in [0.2, 0.25) is 0 Å². The number of carbonyl (C=O) groups is 1. The van der Waals surface area contributed by atoms with Crippen molar-refractivity contribution < 1.29 is 9.90 Å². The van der Waals surface area contributed by atoms with Crippen molar-refractivity contribution in [2.45, 2.75) is 50.7 Å². The molecule has 0 amide bonds. The zero-order valence-electron chi connectivity index (χ0n) is 9.86. The predicted octanol–water partition coefficient (Wildman–Crippen LogP) is 0.922. The maximum Gasteiger partial charge on any atom is 0.320 e. The molecule has 0 aromatic carbocycles. The van der Waals surface area contributed by atoms with Crippen molar-refractivity contribution in [3.05, 3.63) is 0 Å². The highest BCUT2D eigenvalue weighted by Gasteiger charge is 2.28. The summed E-state index contributed by atoms with van der Waals surface area (Å²) in [5.74, 6) is -0.728. The van der Waals surface area contributed by atoms with Crippen LogP contribution in [0.25, 0.3) is 0 Å². The molecular formula is C11H22N2O2. The Balaban J connectivity index is 2.42. The monoisotopic (exact) mass is 214 g/mol. The molecule has 1 aliphatic rings. The molecule has 1 unspecified atom stereocenters. The minimum Gasteiger partial charge on any atom is -0.480 e. The Kier molecular flexibility index (Phi) is 4.54. The lowest BCUT2D eigenvalue weighted by Crippen LogP contribution is -2.46. The molecule has 15 heavy (non-hydrogen) atoms. The fourth-order valence-electron chi connectivity index (χ4n) is 2.26. The molecule has 88 valence electrons. The van der Waals surface area contributed by atoms with E-state index in [1.807, 2.05) is 19.0 Å². The van der Waals surface area contributed by atoms with Gasteiger partial charge in [0, 0.05) is 12.1 Å². The van der Waals surface area contributed by atoms with E-state index in [1.54, 1.807) is 6.92 Å². The van der Waals surface area contributed by atoms with Gasteiger partial charge in [-0.25, -0.2) is 0 Å². The quantitative estimate of drug-likeness (QED) is 0.731. The third-order valence-electron chi connectivity index (χ3n) is 3.65. The summed E-state index contributed by atoms with van der Waals surface area (Å²) in [6.07, 6.45) is 4.49. The molecule has 1 saturated carbocycles. The second-order valence-corrected chi connectivity index (χ2v) is 4.47. The number of nitrogens with one attached hydrogen (secondary N) is 1. The van der Waals surface area contributed by atoms with Crippen LogP contribution in [0, 0.1) is 0 Å². The molecule has 4 nitrogen and oxygen atoms in total. The SMILES string of the molecule is CNC1CCC(N(C)C(C)C(=O)O)CC1. The average molecular weight is 214 g/mol. The molecule has 0 radical (unpaired) electrons. The van der Waals surface area contributed by atoms with E-state index in [0.29, 0.717) is 12.1 Å². The highest BCUT2D eigenvalue weighted by atomic mass is 16.4. The van der Waals surface area contributed by atoms with E-state index in [4.69, 9.17) is 5.11 Å². The molecule has 4 heteroatoms. The average Bonchev–Trinajstić information content (AvgIpc) is 2.27. The standard InChI is InChI=1S/C11H22N2O2/c1-8(11(14)15)13(3)10-6-4-9(12-2)5-7-10/h8-10,12H,4-7H2,1-3H3,(H,14,15). The van der Waals surface area contributed by atoms with E-state index in [9.17, 15) is 4.79 Å². The molecule has 0 aromatic rings. The van der Waals surface area contributed by atoms with E-state index in [-0.39, 0.29) is 6.04 Å².